The molecular formula is C21H16IN3O2. The average molecular weight is 469 g/mol. The second-order valence-electron chi connectivity index (χ2n) is 5.88. The number of esters is 1. The Balaban J connectivity index is 2.00. The first-order valence-corrected chi connectivity index (χ1v) is 9.64. The van der Waals surface area contributed by atoms with Crippen molar-refractivity contribution in [2.75, 3.05) is 6.61 Å². The lowest BCUT2D eigenvalue weighted by Gasteiger charge is -2.08. The Hall–Kier alpha value is -2.74. The minimum atomic E-state index is -0.437. The standard InChI is InChI=1S/C21H16IN3O2/c1-2-27-21(26)19-18(22)20-23-16(14-9-5-3-6-10-14)13-17(25(20)24-19)15-11-7-4-8-12-15/h3-13H,2H2,1H3. The van der Waals surface area contributed by atoms with Crippen molar-refractivity contribution in [2.45, 2.75) is 6.92 Å². The van der Waals surface area contributed by atoms with Gasteiger partial charge in [-0.2, -0.15) is 5.10 Å². The summed E-state index contributed by atoms with van der Waals surface area (Å²) in [4.78, 5) is 17.1. The SMILES string of the molecule is CCOC(=O)c1nn2c(-c3ccccc3)cc(-c3ccccc3)nc2c1I. The van der Waals surface area contributed by atoms with E-state index < -0.39 is 5.97 Å². The van der Waals surface area contributed by atoms with Crippen LogP contribution in [0.15, 0.2) is 66.7 Å². The molecule has 0 fully saturated rings. The quantitative estimate of drug-likeness (QED) is 0.317. The van der Waals surface area contributed by atoms with E-state index in [0.717, 1.165) is 22.5 Å². The van der Waals surface area contributed by atoms with Crippen LogP contribution in [0.4, 0.5) is 0 Å². The lowest BCUT2D eigenvalue weighted by atomic mass is 10.1. The second kappa shape index (κ2) is 7.48. The number of fused-ring (bicyclic) bond motifs is 1. The van der Waals surface area contributed by atoms with E-state index in [4.69, 9.17) is 9.72 Å². The second-order valence-corrected chi connectivity index (χ2v) is 6.96. The van der Waals surface area contributed by atoms with E-state index in [0.29, 0.717) is 15.8 Å². The van der Waals surface area contributed by atoms with Gasteiger partial charge >= 0.3 is 5.97 Å². The Kier molecular flexibility index (Phi) is 4.89. The Bertz CT molecular complexity index is 1110. The maximum atomic E-state index is 12.3. The van der Waals surface area contributed by atoms with Crippen molar-refractivity contribution in [1.29, 1.82) is 0 Å². The van der Waals surface area contributed by atoms with Crippen LogP contribution in [-0.4, -0.2) is 27.2 Å². The monoisotopic (exact) mass is 469 g/mol. The first-order valence-electron chi connectivity index (χ1n) is 8.56. The summed E-state index contributed by atoms with van der Waals surface area (Å²) in [5, 5.41) is 4.51. The van der Waals surface area contributed by atoms with Crippen LogP contribution in [0.2, 0.25) is 0 Å². The molecule has 0 bridgehead atoms. The minimum Gasteiger partial charge on any atom is -0.461 e. The number of nitrogens with zero attached hydrogens (tertiary/aromatic N) is 3. The van der Waals surface area contributed by atoms with E-state index >= 15 is 0 Å². The van der Waals surface area contributed by atoms with Gasteiger partial charge in [-0.25, -0.2) is 14.3 Å². The Morgan fingerprint density at radius 2 is 1.67 bits per heavy atom. The number of benzene rings is 2. The van der Waals surface area contributed by atoms with Crippen LogP contribution in [0, 0.1) is 3.57 Å². The van der Waals surface area contributed by atoms with Crippen molar-refractivity contribution >= 4 is 34.2 Å². The van der Waals surface area contributed by atoms with Gasteiger partial charge in [0, 0.05) is 11.1 Å². The van der Waals surface area contributed by atoms with Crippen LogP contribution in [-0.2, 0) is 4.74 Å². The van der Waals surface area contributed by atoms with Crippen LogP contribution in [0.5, 0.6) is 0 Å². The zero-order valence-corrected chi connectivity index (χ0v) is 16.8. The molecule has 5 nitrogen and oxygen atoms in total. The Labute approximate surface area is 170 Å². The molecule has 4 aromatic rings. The third-order valence-electron chi connectivity index (χ3n) is 4.14. The fourth-order valence-electron chi connectivity index (χ4n) is 2.89. The van der Waals surface area contributed by atoms with E-state index in [1.165, 1.54) is 0 Å². The molecule has 6 heteroatoms. The largest absolute Gasteiger partial charge is 0.461 e. The van der Waals surface area contributed by atoms with Gasteiger partial charge in [-0.15, -0.1) is 0 Å². The molecule has 0 saturated heterocycles. The Morgan fingerprint density at radius 3 is 2.30 bits per heavy atom. The topological polar surface area (TPSA) is 56.5 Å². The van der Waals surface area contributed by atoms with E-state index in [9.17, 15) is 4.79 Å². The van der Waals surface area contributed by atoms with E-state index in [2.05, 4.69) is 27.7 Å². The smallest absolute Gasteiger partial charge is 0.360 e. The predicted octanol–water partition coefficient (Wildman–Crippen LogP) is 4.84. The zero-order chi connectivity index (χ0) is 18.8. The summed E-state index contributed by atoms with van der Waals surface area (Å²) in [6.07, 6.45) is 0. The minimum absolute atomic E-state index is 0.285. The lowest BCUT2D eigenvalue weighted by molar-refractivity contribution is 0.0518. The molecule has 4 rings (SSSR count). The molecule has 2 heterocycles. The molecule has 0 unspecified atom stereocenters. The van der Waals surface area contributed by atoms with Crippen LogP contribution in [0.1, 0.15) is 17.4 Å². The van der Waals surface area contributed by atoms with Gasteiger partial charge in [0.2, 0.25) is 0 Å². The highest BCUT2D eigenvalue weighted by molar-refractivity contribution is 14.1. The molecule has 0 amide bonds. The molecule has 134 valence electrons. The van der Waals surface area contributed by atoms with Gasteiger partial charge in [0.15, 0.2) is 11.3 Å². The molecule has 0 radical (unpaired) electrons. The summed E-state index contributed by atoms with van der Waals surface area (Å²) in [6, 6.07) is 21.9. The fraction of sp³-hybridized carbons (Fsp3) is 0.0952. The maximum Gasteiger partial charge on any atom is 0.360 e. The molecule has 2 aromatic carbocycles. The molecule has 2 aromatic heterocycles. The number of carbonyl (C=O) groups is 1. The third-order valence-corrected chi connectivity index (χ3v) is 5.13. The number of rotatable bonds is 4. The van der Waals surface area contributed by atoms with Crippen molar-refractivity contribution in [2.24, 2.45) is 0 Å². The van der Waals surface area contributed by atoms with Gasteiger partial charge in [-0.05, 0) is 35.6 Å². The number of ether oxygens (including phenoxy) is 1. The molecule has 0 aliphatic carbocycles. The van der Waals surface area contributed by atoms with E-state index in [-0.39, 0.29) is 5.69 Å². The van der Waals surface area contributed by atoms with Gasteiger partial charge in [0.05, 0.1) is 21.6 Å². The summed E-state index contributed by atoms with van der Waals surface area (Å²) in [7, 11) is 0. The van der Waals surface area contributed by atoms with E-state index in [1.807, 2.05) is 66.7 Å². The van der Waals surface area contributed by atoms with Crippen molar-refractivity contribution in [3.05, 3.63) is 76.0 Å². The summed E-state index contributed by atoms with van der Waals surface area (Å²) in [5.41, 5.74) is 4.62. The maximum absolute atomic E-state index is 12.3. The van der Waals surface area contributed by atoms with Crippen molar-refractivity contribution in [1.82, 2.24) is 14.6 Å². The van der Waals surface area contributed by atoms with Crippen LogP contribution >= 0.6 is 22.6 Å². The van der Waals surface area contributed by atoms with Gasteiger partial charge in [0.1, 0.15) is 0 Å². The van der Waals surface area contributed by atoms with Gasteiger partial charge < -0.3 is 4.74 Å². The highest BCUT2D eigenvalue weighted by Crippen LogP contribution is 2.29. The van der Waals surface area contributed by atoms with Gasteiger partial charge in [-0.3, -0.25) is 0 Å². The van der Waals surface area contributed by atoms with Crippen LogP contribution in [0.25, 0.3) is 28.2 Å². The molecule has 0 aliphatic rings. The summed E-state index contributed by atoms with van der Waals surface area (Å²) in [6.45, 7) is 2.08. The highest BCUT2D eigenvalue weighted by atomic mass is 127. The fourth-order valence-corrected chi connectivity index (χ4v) is 3.57. The van der Waals surface area contributed by atoms with Crippen LogP contribution in [0.3, 0.4) is 0 Å². The zero-order valence-electron chi connectivity index (χ0n) is 14.6. The molecular weight excluding hydrogens is 453 g/mol. The molecule has 0 atom stereocenters. The third kappa shape index (κ3) is 3.32. The highest BCUT2D eigenvalue weighted by Gasteiger charge is 2.22. The summed E-state index contributed by atoms with van der Waals surface area (Å²) in [5.74, 6) is -0.437. The number of halogens is 1. The van der Waals surface area contributed by atoms with Crippen molar-refractivity contribution < 1.29 is 9.53 Å². The lowest BCUT2D eigenvalue weighted by Crippen LogP contribution is -2.07. The first-order chi connectivity index (χ1) is 13.2. The first kappa shape index (κ1) is 17.7. The number of aromatic nitrogens is 3. The number of hydrogen-bond acceptors (Lipinski definition) is 4. The molecule has 0 spiro atoms. The van der Waals surface area contributed by atoms with Crippen LogP contribution < -0.4 is 0 Å². The van der Waals surface area contributed by atoms with Gasteiger partial charge in [0.25, 0.3) is 0 Å². The van der Waals surface area contributed by atoms with Crippen molar-refractivity contribution in [3.63, 3.8) is 0 Å². The van der Waals surface area contributed by atoms with Crippen molar-refractivity contribution in [3.8, 4) is 22.5 Å². The number of hydrogen-bond donors (Lipinski definition) is 0. The molecule has 0 aliphatic heterocycles. The van der Waals surface area contributed by atoms with Gasteiger partial charge in [-0.1, -0.05) is 60.7 Å². The average Bonchev–Trinajstić information content (AvgIpc) is 3.06. The molecule has 0 saturated carbocycles. The normalized spacial score (nSPS) is 10.9. The summed E-state index contributed by atoms with van der Waals surface area (Å²) >= 11 is 2.11. The molecule has 27 heavy (non-hydrogen) atoms. The predicted molar refractivity (Wildman–Crippen MR) is 113 cm³/mol. The molecule has 0 N–H and O–H groups in total. The van der Waals surface area contributed by atoms with E-state index in [1.54, 1.807) is 11.4 Å². The summed E-state index contributed by atoms with van der Waals surface area (Å²) < 4.78 is 7.55. The number of carbonyl (C=O) groups excluding carboxylic acids is 1. The Morgan fingerprint density at radius 1 is 1.04 bits per heavy atom.